The minimum atomic E-state index is -0.428. The van der Waals surface area contributed by atoms with Gasteiger partial charge in [0.25, 0.3) is 5.56 Å². The molecule has 2 aromatic carbocycles. The van der Waals surface area contributed by atoms with Crippen LogP contribution in [-0.2, 0) is 4.79 Å². The van der Waals surface area contributed by atoms with Crippen molar-refractivity contribution in [3.63, 3.8) is 0 Å². The number of anilines is 1. The van der Waals surface area contributed by atoms with Crippen LogP contribution in [0.5, 0.6) is 5.75 Å². The molecule has 150 valence electrons. The first-order valence-electron chi connectivity index (χ1n) is 9.79. The van der Waals surface area contributed by atoms with Gasteiger partial charge < -0.3 is 10.1 Å². The monoisotopic (exact) mass is 409 g/mol. The first-order chi connectivity index (χ1) is 14.1. The maximum atomic E-state index is 13.0. The lowest BCUT2D eigenvalue weighted by molar-refractivity contribution is -0.115. The highest BCUT2D eigenvalue weighted by Gasteiger charge is 2.30. The molecule has 1 aliphatic carbocycles. The Hall–Kier alpha value is -2.80. The van der Waals surface area contributed by atoms with Crippen LogP contribution in [0.15, 0.2) is 58.5 Å². The van der Waals surface area contributed by atoms with Crippen LogP contribution in [-0.4, -0.2) is 27.3 Å². The van der Waals surface area contributed by atoms with Crippen LogP contribution in [0.25, 0.3) is 10.9 Å². The van der Waals surface area contributed by atoms with E-state index in [4.69, 9.17) is 9.72 Å². The Morgan fingerprint density at radius 3 is 2.72 bits per heavy atom. The van der Waals surface area contributed by atoms with E-state index in [0.717, 1.165) is 12.8 Å². The van der Waals surface area contributed by atoms with Crippen LogP contribution in [0, 0.1) is 0 Å². The number of carbonyl (C=O) groups is 1. The zero-order valence-corrected chi connectivity index (χ0v) is 17.2. The van der Waals surface area contributed by atoms with Crippen LogP contribution < -0.4 is 15.6 Å². The number of nitrogens with one attached hydrogen (secondary N) is 1. The van der Waals surface area contributed by atoms with Crippen LogP contribution in [0.4, 0.5) is 5.69 Å². The van der Waals surface area contributed by atoms with Gasteiger partial charge in [0, 0.05) is 6.04 Å². The van der Waals surface area contributed by atoms with Crippen LogP contribution in [0.3, 0.4) is 0 Å². The van der Waals surface area contributed by atoms with Crippen LogP contribution >= 0.6 is 11.8 Å². The van der Waals surface area contributed by atoms with Gasteiger partial charge in [0.2, 0.25) is 5.91 Å². The third kappa shape index (κ3) is 4.15. The number of thioether (sulfide) groups is 1. The molecule has 0 saturated heterocycles. The van der Waals surface area contributed by atoms with Gasteiger partial charge in [-0.15, -0.1) is 0 Å². The van der Waals surface area contributed by atoms with Gasteiger partial charge in [-0.2, -0.15) is 0 Å². The number of ether oxygens (including phenoxy) is 1. The Balaban J connectivity index is 1.59. The standard InChI is InChI=1S/C22H23N3O3S/c1-3-28-19-11-7-6-10-18(19)23-20(26)14(2)29-22-24-17-9-5-4-8-16(17)21(27)25(22)15-12-13-15/h4-11,14-15H,3,12-13H2,1-2H3,(H,23,26)/t14-/m1/s1. The van der Waals surface area contributed by atoms with E-state index in [1.165, 1.54) is 11.8 Å². The zero-order valence-electron chi connectivity index (χ0n) is 16.4. The van der Waals surface area contributed by atoms with Crippen LogP contribution in [0.1, 0.15) is 32.7 Å². The van der Waals surface area contributed by atoms with Gasteiger partial charge in [-0.25, -0.2) is 4.98 Å². The van der Waals surface area contributed by atoms with Crippen molar-refractivity contribution >= 4 is 34.3 Å². The molecule has 3 aromatic rings. The number of benzene rings is 2. The SMILES string of the molecule is CCOc1ccccc1NC(=O)[C@@H](C)Sc1nc2ccccc2c(=O)n1C1CC1. The molecule has 1 fully saturated rings. The highest BCUT2D eigenvalue weighted by molar-refractivity contribution is 8.00. The van der Waals surface area contributed by atoms with Gasteiger partial charge >= 0.3 is 0 Å². The van der Waals surface area contributed by atoms with Gasteiger partial charge in [0.1, 0.15) is 5.75 Å². The number of amides is 1. The normalized spacial score (nSPS) is 14.6. The Labute approximate surface area is 173 Å². The fourth-order valence-electron chi connectivity index (χ4n) is 3.16. The highest BCUT2D eigenvalue weighted by Crippen LogP contribution is 2.37. The number of fused-ring (bicyclic) bond motifs is 1. The lowest BCUT2D eigenvalue weighted by Crippen LogP contribution is -2.26. The summed E-state index contributed by atoms with van der Waals surface area (Å²) in [5.74, 6) is 0.478. The number of rotatable bonds is 7. The van der Waals surface area contributed by atoms with Crippen molar-refractivity contribution in [2.24, 2.45) is 0 Å². The fourth-order valence-corrected chi connectivity index (χ4v) is 4.14. The molecule has 0 radical (unpaired) electrons. The van der Waals surface area contributed by atoms with Gasteiger partial charge in [-0.3, -0.25) is 14.2 Å². The maximum absolute atomic E-state index is 13.0. The molecule has 0 unspecified atom stereocenters. The maximum Gasteiger partial charge on any atom is 0.262 e. The van der Waals surface area contributed by atoms with E-state index in [9.17, 15) is 9.59 Å². The van der Waals surface area contributed by atoms with Crippen molar-refractivity contribution in [3.8, 4) is 5.75 Å². The molecule has 4 rings (SSSR count). The quantitative estimate of drug-likeness (QED) is 0.466. The topological polar surface area (TPSA) is 73.2 Å². The molecule has 0 bridgehead atoms. The molecule has 7 heteroatoms. The van der Waals surface area contributed by atoms with E-state index < -0.39 is 5.25 Å². The average Bonchev–Trinajstić information content (AvgIpc) is 3.55. The van der Waals surface area contributed by atoms with E-state index in [0.29, 0.717) is 34.1 Å². The Bertz CT molecular complexity index is 1110. The smallest absolute Gasteiger partial charge is 0.262 e. The summed E-state index contributed by atoms with van der Waals surface area (Å²) in [5.41, 5.74) is 1.26. The zero-order chi connectivity index (χ0) is 20.4. The lowest BCUT2D eigenvalue weighted by Gasteiger charge is -2.17. The number of hydrogen-bond donors (Lipinski definition) is 1. The second-order valence-electron chi connectivity index (χ2n) is 7.00. The summed E-state index contributed by atoms with van der Waals surface area (Å²) >= 11 is 1.31. The highest BCUT2D eigenvalue weighted by atomic mass is 32.2. The Morgan fingerprint density at radius 2 is 1.97 bits per heavy atom. The molecule has 29 heavy (non-hydrogen) atoms. The predicted octanol–water partition coefficient (Wildman–Crippen LogP) is 4.25. The number of nitrogens with zero attached hydrogens (tertiary/aromatic N) is 2. The van der Waals surface area contributed by atoms with E-state index in [1.54, 1.807) is 10.6 Å². The van der Waals surface area contributed by atoms with E-state index in [-0.39, 0.29) is 17.5 Å². The molecule has 0 aliphatic heterocycles. The minimum Gasteiger partial charge on any atom is -0.492 e. The lowest BCUT2D eigenvalue weighted by atomic mass is 10.2. The molecule has 1 N–H and O–H groups in total. The van der Waals surface area contributed by atoms with Gasteiger partial charge in [0.05, 0.1) is 28.4 Å². The van der Waals surface area contributed by atoms with Crippen molar-refractivity contribution in [1.29, 1.82) is 0 Å². The number of para-hydroxylation sites is 3. The van der Waals surface area contributed by atoms with Crippen molar-refractivity contribution in [1.82, 2.24) is 9.55 Å². The second-order valence-corrected chi connectivity index (χ2v) is 8.30. The summed E-state index contributed by atoms with van der Waals surface area (Å²) in [6.07, 6.45) is 1.94. The van der Waals surface area contributed by atoms with Crippen molar-refractivity contribution in [2.45, 2.75) is 43.1 Å². The second kappa shape index (κ2) is 8.29. The fraction of sp³-hybridized carbons (Fsp3) is 0.318. The molecule has 6 nitrogen and oxygen atoms in total. The number of aromatic nitrogens is 2. The summed E-state index contributed by atoms with van der Waals surface area (Å²) < 4.78 is 7.33. The summed E-state index contributed by atoms with van der Waals surface area (Å²) in [6, 6.07) is 14.9. The summed E-state index contributed by atoms with van der Waals surface area (Å²) in [7, 11) is 0. The minimum absolute atomic E-state index is 0.0325. The molecule has 1 saturated carbocycles. The summed E-state index contributed by atoms with van der Waals surface area (Å²) in [6.45, 7) is 4.24. The van der Waals surface area contributed by atoms with Crippen molar-refractivity contribution in [2.75, 3.05) is 11.9 Å². The van der Waals surface area contributed by atoms with Crippen molar-refractivity contribution in [3.05, 3.63) is 58.9 Å². The van der Waals surface area contributed by atoms with E-state index >= 15 is 0 Å². The summed E-state index contributed by atoms with van der Waals surface area (Å²) in [5, 5.41) is 3.72. The molecule has 1 atom stereocenters. The van der Waals surface area contributed by atoms with Crippen molar-refractivity contribution < 1.29 is 9.53 Å². The molecular weight excluding hydrogens is 386 g/mol. The Morgan fingerprint density at radius 1 is 1.24 bits per heavy atom. The first-order valence-corrected chi connectivity index (χ1v) is 10.7. The molecule has 1 aliphatic rings. The largest absolute Gasteiger partial charge is 0.492 e. The Kier molecular flexibility index (Phi) is 5.58. The molecular formula is C22H23N3O3S. The molecule has 0 spiro atoms. The van der Waals surface area contributed by atoms with E-state index in [1.807, 2.05) is 56.3 Å². The van der Waals surface area contributed by atoms with E-state index in [2.05, 4.69) is 5.32 Å². The van der Waals surface area contributed by atoms with Gasteiger partial charge in [-0.1, -0.05) is 36.0 Å². The summed E-state index contributed by atoms with van der Waals surface area (Å²) in [4.78, 5) is 30.5. The van der Waals surface area contributed by atoms with Gasteiger partial charge in [-0.05, 0) is 51.0 Å². The number of hydrogen-bond acceptors (Lipinski definition) is 5. The molecule has 1 heterocycles. The van der Waals surface area contributed by atoms with Gasteiger partial charge in [0.15, 0.2) is 5.16 Å². The van der Waals surface area contributed by atoms with Crippen LogP contribution in [0.2, 0.25) is 0 Å². The average molecular weight is 410 g/mol. The third-order valence-corrected chi connectivity index (χ3v) is 5.85. The number of carbonyl (C=O) groups excluding carboxylic acids is 1. The predicted molar refractivity (Wildman–Crippen MR) is 116 cm³/mol. The molecule has 1 amide bonds. The third-order valence-electron chi connectivity index (χ3n) is 4.78. The first kappa shape index (κ1) is 19.5. The molecule has 1 aromatic heterocycles.